The Labute approximate surface area is 114 Å². The van der Waals surface area contributed by atoms with Crippen LogP contribution in [-0.4, -0.2) is 49.2 Å². The van der Waals surface area contributed by atoms with E-state index in [0.29, 0.717) is 30.4 Å². The Morgan fingerprint density at radius 3 is 2.95 bits per heavy atom. The normalized spacial score (nSPS) is 21.1. The molecule has 1 aliphatic rings. The predicted molar refractivity (Wildman–Crippen MR) is 73.3 cm³/mol. The van der Waals surface area contributed by atoms with E-state index >= 15 is 0 Å². The van der Waals surface area contributed by atoms with Crippen LogP contribution in [0.1, 0.15) is 19.8 Å². The van der Waals surface area contributed by atoms with E-state index in [1.54, 1.807) is 15.2 Å². The molecule has 1 N–H and O–H groups in total. The van der Waals surface area contributed by atoms with Gasteiger partial charge in [-0.2, -0.15) is 9.40 Å². The molecule has 1 aliphatic heterocycles. The Bertz CT molecular complexity index is 512. The van der Waals surface area contributed by atoms with Crippen molar-refractivity contribution in [1.29, 1.82) is 0 Å². The summed E-state index contributed by atoms with van der Waals surface area (Å²) in [5, 5.41) is 7.11. The van der Waals surface area contributed by atoms with Crippen LogP contribution in [0.4, 0.5) is 0 Å². The monoisotopic (exact) mass is 286 g/mol. The molecule has 1 saturated heterocycles. The summed E-state index contributed by atoms with van der Waals surface area (Å²) in [6.45, 7) is 4.81. The second-order valence-corrected chi connectivity index (χ2v) is 6.91. The molecule has 1 fully saturated rings. The number of aromatic nitrogens is 2. The topological polar surface area (TPSA) is 67.2 Å². The molecular formula is C12H22N4O2S. The summed E-state index contributed by atoms with van der Waals surface area (Å²) in [6, 6.07) is 0. The van der Waals surface area contributed by atoms with E-state index in [1.165, 1.54) is 6.20 Å². The minimum Gasteiger partial charge on any atom is -0.318 e. The first-order valence-electron chi connectivity index (χ1n) is 6.75. The van der Waals surface area contributed by atoms with Gasteiger partial charge in [-0.05, 0) is 19.4 Å². The van der Waals surface area contributed by atoms with Gasteiger partial charge in [0.25, 0.3) is 0 Å². The van der Waals surface area contributed by atoms with E-state index in [1.807, 2.05) is 7.05 Å². The van der Waals surface area contributed by atoms with Crippen molar-refractivity contribution in [3.63, 3.8) is 0 Å². The average molecular weight is 286 g/mol. The van der Waals surface area contributed by atoms with Gasteiger partial charge in [-0.25, -0.2) is 8.42 Å². The van der Waals surface area contributed by atoms with E-state index < -0.39 is 10.0 Å². The number of nitrogens with one attached hydrogen (secondary N) is 1. The van der Waals surface area contributed by atoms with Gasteiger partial charge in [0.1, 0.15) is 4.90 Å². The molecule has 1 aromatic heterocycles. The minimum atomic E-state index is -3.36. The molecule has 108 valence electrons. The highest BCUT2D eigenvalue weighted by Gasteiger charge is 2.32. The van der Waals surface area contributed by atoms with E-state index in [2.05, 4.69) is 17.3 Å². The lowest BCUT2D eigenvalue weighted by atomic mass is 10.1. The van der Waals surface area contributed by atoms with Crippen LogP contribution in [-0.2, 0) is 16.6 Å². The summed E-state index contributed by atoms with van der Waals surface area (Å²) in [6.07, 6.45) is 5.06. The van der Waals surface area contributed by atoms with Crippen molar-refractivity contribution in [1.82, 2.24) is 19.4 Å². The smallest absolute Gasteiger partial charge is 0.246 e. The lowest BCUT2D eigenvalue weighted by Crippen LogP contribution is -2.28. The van der Waals surface area contributed by atoms with Gasteiger partial charge in [0, 0.05) is 25.8 Å². The highest BCUT2D eigenvalue weighted by atomic mass is 32.2. The summed E-state index contributed by atoms with van der Waals surface area (Å²) in [5.74, 6) is 0.495. The fourth-order valence-corrected chi connectivity index (χ4v) is 3.81. The molecule has 1 unspecified atom stereocenters. The first kappa shape index (κ1) is 14.5. The highest BCUT2D eigenvalue weighted by Crippen LogP contribution is 2.25. The van der Waals surface area contributed by atoms with Crippen molar-refractivity contribution in [3.8, 4) is 0 Å². The molecule has 0 amide bonds. The van der Waals surface area contributed by atoms with Crippen LogP contribution < -0.4 is 5.32 Å². The third kappa shape index (κ3) is 3.16. The molecule has 19 heavy (non-hydrogen) atoms. The van der Waals surface area contributed by atoms with Crippen molar-refractivity contribution >= 4 is 10.0 Å². The zero-order valence-corrected chi connectivity index (χ0v) is 12.4. The molecule has 7 heteroatoms. The first-order chi connectivity index (χ1) is 9.07. The quantitative estimate of drug-likeness (QED) is 0.828. The van der Waals surface area contributed by atoms with Crippen molar-refractivity contribution in [2.75, 3.05) is 26.7 Å². The molecule has 6 nitrogen and oxygen atoms in total. The van der Waals surface area contributed by atoms with Crippen LogP contribution >= 0.6 is 0 Å². The number of nitrogens with zero attached hydrogens (tertiary/aromatic N) is 3. The van der Waals surface area contributed by atoms with Gasteiger partial charge in [-0.3, -0.25) is 4.68 Å². The van der Waals surface area contributed by atoms with Gasteiger partial charge in [-0.15, -0.1) is 0 Å². The second-order valence-electron chi connectivity index (χ2n) is 4.97. The summed E-state index contributed by atoms with van der Waals surface area (Å²) < 4.78 is 28.1. The Hall–Kier alpha value is -0.920. The lowest BCUT2D eigenvalue weighted by Gasteiger charge is -2.14. The number of hydrogen-bond donors (Lipinski definition) is 1. The van der Waals surface area contributed by atoms with Gasteiger partial charge in [0.15, 0.2) is 0 Å². The maximum Gasteiger partial charge on any atom is 0.246 e. The Kier molecular flexibility index (Phi) is 4.59. The van der Waals surface area contributed by atoms with Crippen molar-refractivity contribution < 1.29 is 8.42 Å². The summed E-state index contributed by atoms with van der Waals surface area (Å²) in [5.41, 5.74) is 0. The van der Waals surface area contributed by atoms with Gasteiger partial charge in [0.2, 0.25) is 10.0 Å². The summed E-state index contributed by atoms with van der Waals surface area (Å²) >= 11 is 0. The molecule has 0 bridgehead atoms. The van der Waals surface area contributed by atoms with E-state index in [9.17, 15) is 8.42 Å². The molecule has 0 aromatic carbocycles. The van der Waals surface area contributed by atoms with E-state index in [4.69, 9.17) is 0 Å². The minimum absolute atomic E-state index is 0.306. The third-order valence-electron chi connectivity index (χ3n) is 3.66. The third-order valence-corrected chi connectivity index (χ3v) is 5.48. The second kappa shape index (κ2) is 6.02. The zero-order chi connectivity index (χ0) is 13.9. The Morgan fingerprint density at radius 2 is 2.32 bits per heavy atom. The molecule has 2 heterocycles. The number of sulfonamides is 1. The zero-order valence-electron chi connectivity index (χ0n) is 11.5. The van der Waals surface area contributed by atoms with Crippen LogP contribution in [0, 0.1) is 5.92 Å². The molecule has 0 saturated carbocycles. The van der Waals surface area contributed by atoms with Gasteiger partial charge in [-0.1, -0.05) is 13.3 Å². The molecule has 0 aliphatic carbocycles. The molecule has 0 spiro atoms. The summed E-state index contributed by atoms with van der Waals surface area (Å²) in [4.78, 5) is 0.306. The molecular weight excluding hydrogens is 264 g/mol. The first-order valence-corrected chi connectivity index (χ1v) is 8.19. The fourth-order valence-electron chi connectivity index (χ4n) is 2.32. The van der Waals surface area contributed by atoms with Gasteiger partial charge >= 0.3 is 0 Å². The maximum absolute atomic E-state index is 12.4. The standard InChI is InChI=1S/C12H22N4O2S/c1-3-11-4-6-16(9-11)19(17,18)12-8-14-15(10-12)7-5-13-2/h8,10-11,13H,3-7,9H2,1-2H3. The number of rotatable bonds is 6. The molecule has 1 aromatic rings. The molecule has 1 atom stereocenters. The van der Waals surface area contributed by atoms with E-state index in [0.717, 1.165) is 19.4 Å². The maximum atomic E-state index is 12.4. The van der Waals surface area contributed by atoms with Crippen LogP contribution in [0.25, 0.3) is 0 Å². The van der Waals surface area contributed by atoms with Crippen molar-refractivity contribution in [2.45, 2.75) is 31.2 Å². The Balaban J connectivity index is 2.09. The summed E-state index contributed by atoms with van der Waals surface area (Å²) in [7, 11) is -1.50. The number of hydrogen-bond acceptors (Lipinski definition) is 4. The predicted octanol–water partition coefficient (Wildman–Crippen LogP) is 0.523. The van der Waals surface area contributed by atoms with Gasteiger partial charge < -0.3 is 5.32 Å². The van der Waals surface area contributed by atoms with Crippen molar-refractivity contribution in [2.24, 2.45) is 5.92 Å². The largest absolute Gasteiger partial charge is 0.318 e. The lowest BCUT2D eigenvalue weighted by molar-refractivity contribution is 0.453. The number of likely N-dealkylation sites (N-methyl/N-ethyl adjacent to an activating group) is 1. The highest BCUT2D eigenvalue weighted by molar-refractivity contribution is 7.89. The molecule has 0 radical (unpaired) electrons. The Morgan fingerprint density at radius 1 is 1.53 bits per heavy atom. The SMILES string of the molecule is CCC1CCN(S(=O)(=O)c2cnn(CCNC)c2)C1. The molecule has 2 rings (SSSR count). The van der Waals surface area contributed by atoms with Crippen molar-refractivity contribution in [3.05, 3.63) is 12.4 Å². The van der Waals surface area contributed by atoms with Crippen LogP contribution in [0.2, 0.25) is 0 Å². The average Bonchev–Trinajstić information content (AvgIpc) is 3.05. The van der Waals surface area contributed by atoms with Crippen LogP contribution in [0.3, 0.4) is 0 Å². The van der Waals surface area contributed by atoms with Crippen LogP contribution in [0.5, 0.6) is 0 Å². The van der Waals surface area contributed by atoms with Gasteiger partial charge in [0.05, 0.1) is 12.7 Å². The fraction of sp³-hybridized carbons (Fsp3) is 0.750. The van der Waals surface area contributed by atoms with Crippen LogP contribution in [0.15, 0.2) is 17.3 Å². The van der Waals surface area contributed by atoms with E-state index in [-0.39, 0.29) is 0 Å².